The number of carbonyl (C=O) groups is 2. The van der Waals surface area contributed by atoms with Gasteiger partial charge in [0.2, 0.25) is 5.91 Å². The number of anilines is 1. The van der Waals surface area contributed by atoms with Gasteiger partial charge in [0.15, 0.2) is 0 Å². The van der Waals surface area contributed by atoms with Gasteiger partial charge in [-0.1, -0.05) is 31.0 Å². The van der Waals surface area contributed by atoms with Crippen molar-refractivity contribution in [2.45, 2.75) is 32.1 Å². The summed E-state index contributed by atoms with van der Waals surface area (Å²) in [5.41, 5.74) is 2.15. The first kappa shape index (κ1) is 13.2. The highest BCUT2D eigenvalue weighted by Crippen LogP contribution is 2.35. The summed E-state index contributed by atoms with van der Waals surface area (Å²) < 4.78 is 0. The Labute approximate surface area is 118 Å². The first-order valence-corrected chi connectivity index (χ1v) is 7.30. The molecule has 0 aromatic heterocycles. The summed E-state index contributed by atoms with van der Waals surface area (Å²) in [7, 11) is 0. The number of hydrogen-bond donors (Lipinski definition) is 1. The van der Waals surface area contributed by atoms with E-state index in [1.54, 1.807) is 4.90 Å². The monoisotopic (exact) mass is 273 g/mol. The van der Waals surface area contributed by atoms with Gasteiger partial charge in [0.05, 0.1) is 11.8 Å². The fourth-order valence-corrected chi connectivity index (χ4v) is 3.49. The van der Waals surface area contributed by atoms with Crippen molar-refractivity contribution in [3.05, 3.63) is 29.8 Å². The zero-order valence-corrected chi connectivity index (χ0v) is 11.4. The molecule has 1 heterocycles. The lowest BCUT2D eigenvalue weighted by molar-refractivity contribution is -0.148. The predicted molar refractivity (Wildman–Crippen MR) is 75.6 cm³/mol. The van der Waals surface area contributed by atoms with Crippen molar-refractivity contribution in [3.63, 3.8) is 0 Å². The van der Waals surface area contributed by atoms with Gasteiger partial charge < -0.3 is 10.0 Å². The number of hydrogen-bond acceptors (Lipinski definition) is 2. The quantitative estimate of drug-likeness (QED) is 0.900. The number of carboxylic acid groups (broad SMARTS) is 1. The number of aliphatic carboxylic acids is 1. The topological polar surface area (TPSA) is 57.6 Å². The molecule has 0 saturated heterocycles. The maximum absolute atomic E-state index is 12.7. The Bertz CT molecular complexity index is 540. The van der Waals surface area contributed by atoms with Crippen LogP contribution in [0.5, 0.6) is 0 Å². The van der Waals surface area contributed by atoms with Crippen molar-refractivity contribution in [3.8, 4) is 0 Å². The molecule has 0 unspecified atom stereocenters. The third kappa shape index (κ3) is 2.19. The Morgan fingerprint density at radius 3 is 2.55 bits per heavy atom. The lowest BCUT2D eigenvalue weighted by atomic mass is 9.78. The summed E-state index contributed by atoms with van der Waals surface area (Å²) in [5.74, 6) is -1.69. The Morgan fingerprint density at radius 2 is 1.80 bits per heavy atom. The molecular weight excluding hydrogens is 254 g/mol. The molecule has 1 fully saturated rings. The fourth-order valence-electron chi connectivity index (χ4n) is 3.49. The minimum atomic E-state index is -0.824. The zero-order chi connectivity index (χ0) is 14.1. The molecule has 0 spiro atoms. The molecule has 0 bridgehead atoms. The molecule has 20 heavy (non-hydrogen) atoms. The van der Waals surface area contributed by atoms with Crippen LogP contribution >= 0.6 is 0 Å². The number of para-hydroxylation sites is 1. The first-order valence-electron chi connectivity index (χ1n) is 7.30. The normalized spacial score (nSPS) is 25.3. The standard InChI is InChI=1S/C16H19NO3/c18-15(12-6-2-3-7-13(12)16(19)20)17-10-9-11-5-1-4-8-14(11)17/h1,4-5,8,12-13H,2-3,6-7,9-10H2,(H,19,20)/t12-,13+/m1/s1. The summed E-state index contributed by atoms with van der Waals surface area (Å²) >= 11 is 0. The molecule has 106 valence electrons. The summed E-state index contributed by atoms with van der Waals surface area (Å²) in [6.45, 7) is 0.682. The highest BCUT2D eigenvalue weighted by atomic mass is 16.4. The number of carboxylic acids is 1. The van der Waals surface area contributed by atoms with Gasteiger partial charge in [0.25, 0.3) is 0 Å². The second kappa shape index (κ2) is 5.27. The molecule has 4 nitrogen and oxygen atoms in total. The van der Waals surface area contributed by atoms with Crippen LogP contribution in [-0.2, 0) is 16.0 Å². The highest BCUT2D eigenvalue weighted by molar-refractivity contribution is 5.99. The van der Waals surface area contributed by atoms with Gasteiger partial charge in [-0.3, -0.25) is 9.59 Å². The predicted octanol–water partition coefficient (Wildman–Crippen LogP) is 2.47. The maximum atomic E-state index is 12.7. The van der Waals surface area contributed by atoms with Crippen LogP contribution in [0.2, 0.25) is 0 Å². The molecule has 1 aromatic carbocycles. The summed E-state index contributed by atoms with van der Waals surface area (Å²) in [6.07, 6.45) is 4.06. The molecule has 0 radical (unpaired) electrons. The molecule has 2 aliphatic rings. The lowest BCUT2D eigenvalue weighted by Crippen LogP contribution is -2.42. The maximum Gasteiger partial charge on any atom is 0.307 e. The molecule has 1 aliphatic carbocycles. The van der Waals surface area contributed by atoms with Gasteiger partial charge in [-0.05, 0) is 30.9 Å². The average Bonchev–Trinajstić information content (AvgIpc) is 2.90. The molecule has 1 aliphatic heterocycles. The van der Waals surface area contributed by atoms with Crippen molar-refractivity contribution in [1.29, 1.82) is 0 Å². The van der Waals surface area contributed by atoms with Crippen LogP contribution < -0.4 is 4.90 Å². The third-order valence-corrected chi connectivity index (χ3v) is 4.55. The van der Waals surface area contributed by atoms with Crippen LogP contribution in [0.4, 0.5) is 5.69 Å². The van der Waals surface area contributed by atoms with Gasteiger partial charge in [-0.25, -0.2) is 0 Å². The van der Waals surface area contributed by atoms with E-state index in [0.717, 1.165) is 24.9 Å². The Morgan fingerprint density at radius 1 is 1.10 bits per heavy atom. The summed E-state index contributed by atoms with van der Waals surface area (Å²) in [4.78, 5) is 25.9. The number of benzene rings is 1. The van der Waals surface area contributed by atoms with E-state index in [1.165, 1.54) is 5.56 Å². The third-order valence-electron chi connectivity index (χ3n) is 4.55. The average molecular weight is 273 g/mol. The van der Waals surface area contributed by atoms with Gasteiger partial charge >= 0.3 is 5.97 Å². The number of fused-ring (bicyclic) bond motifs is 1. The van der Waals surface area contributed by atoms with Crippen LogP contribution in [0, 0.1) is 11.8 Å². The second-order valence-corrected chi connectivity index (χ2v) is 5.70. The van der Waals surface area contributed by atoms with E-state index >= 15 is 0 Å². The molecule has 3 rings (SSSR count). The van der Waals surface area contributed by atoms with Gasteiger partial charge in [0.1, 0.15) is 0 Å². The van der Waals surface area contributed by atoms with E-state index in [-0.39, 0.29) is 11.8 Å². The SMILES string of the molecule is O=C(O)[C@H]1CCCC[C@H]1C(=O)N1CCc2ccccc21. The van der Waals surface area contributed by atoms with Crippen molar-refractivity contribution < 1.29 is 14.7 Å². The van der Waals surface area contributed by atoms with Gasteiger partial charge in [-0.15, -0.1) is 0 Å². The highest BCUT2D eigenvalue weighted by Gasteiger charge is 2.39. The van der Waals surface area contributed by atoms with Crippen LogP contribution in [0.1, 0.15) is 31.2 Å². The minimum absolute atomic E-state index is 0.00190. The second-order valence-electron chi connectivity index (χ2n) is 5.70. The molecular formula is C16H19NO3. The van der Waals surface area contributed by atoms with Crippen LogP contribution in [0.15, 0.2) is 24.3 Å². The molecule has 1 amide bonds. The summed E-state index contributed by atoms with van der Waals surface area (Å²) in [5, 5.41) is 9.32. The van der Waals surface area contributed by atoms with Gasteiger partial charge in [0, 0.05) is 12.2 Å². The zero-order valence-electron chi connectivity index (χ0n) is 11.4. The molecule has 1 aromatic rings. The Hall–Kier alpha value is -1.84. The Kier molecular flexibility index (Phi) is 3.47. The van der Waals surface area contributed by atoms with E-state index < -0.39 is 11.9 Å². The van der Waals surface area contributed by atoms with E-state index in [4.69, 9.17) is 0 Å². The van der Waals surface area contributed by atoms with Crippen LogP contribution in [0.25, 0.3) is 0 Å². The molecule has 4 heteroatoms. The van der Waals surface area contributed by atoms with Crippen molar-refractivity contribution in [2.75, 3.05) is 11.4 Å². The number of rotatable bonds is 2. The van der Waals surface area contributed by atoms with Crippen molar-refractivity contribution in [2.24, 2.45) is 11.8 Å². The largest absolute Gasteiger partial charge is 0.481 e. The van der Waals surface area contributed by atoms with E-state index in [9.17, 15) is 14.7 Å². The number of nitrogens with zero attached hydrogens (tertiary/aromatic N) is 1. The fraction of sp³-hybridized carbons (Fsp3) is 0.500. The first-order chi connectivity index (χ1) is 9.68. The molecule has 2 atom stereocenters. The molecule has 1 saturated carbocycles. The van der Waals surface area contributed by atoms with Crippen molar-refractivity contribution >= 4 is 17.6 Å². The minimum Gasteiger partial charge on any atom is -0.481 e. The van der Waals surface area contributed by atoms with Crippen LogP contribution in [-0.4, -0.2) is 23.5 Å². The van der Waals surface area contributed by atoms with Crippen LogP contribution in [0.3, 0.4) is 0 Å². The van der Waals surface area contributed by atoms with E-state index in [1.807, 2.05) is 24.3 Å². The lowest BCUT2D eigenvalue weighted by Gasteiger charge is -2.31. The summed E-state index contributed by atoms with van der Waals surface area (Å²) in [6, 6.07) is 7.91. The Balaban J connectivity index is 1.84. The molecule has 1 N–H and O–H groups in total. The van der Waals surface area contributed by atoms with E-state index in [0.29, 0.717) is 19.4 Å². The number of carbonyl (C=O) groups excluding carboxylic acids is 1. The van der Waals surface area contributed by atoms with Crippen molar-refractivity contribution in [1.82, 2.24) is 0 Å². The smallest absolute Gasteiger partial charge is 0.307 e. The van der Waals surface area contributed by atoms with Gasteiger partial charge in [-0.2, -0.15) is 0 Å². The number of amides is 1. The van der Waals surface area contributed by atoms with E-state index in [2.05, 4.69) is 0 Å².